The Labute approximate surface area is 218 Å². The van der Waals surface area contributed by atoms with Gasteiger partial charge in [0.1, 0.15) is 24.3 Å². The van der Waals surface area contributed by atoms with Gasteiger partial charge >= 0.3 is 6.18 Å². The van der Waals surface area contributed by atoms with Crippen LogP contribution in [-0.4, -0.2) is 63.4 Å². The SMILES string of the molecule is COc1ccc2c(c1S(=O)(=O)Nc1noc3cc(Cn4cccn4)c(F)c(OC)c13)OCCN2CC(F)(F)F. The van der Waals surface area contributed by atoms with Crippen molar-refractivity contribution in [2.45, 2.75) is 17.6 Å². The molecule has 0 bridgehead atoms. The van der Waals surface area contributed by atoms with Gasteiger partial charge in [0.25, 0.3) is 10.0 Å². The van der Waals surface area contributed by atoms with Crippen molar-refractivity contribution in [1.29, 1.82) is 0 Å². The highest BCUT2D eigenvalue weighted by molar-refractivity contribution is 7.93. The number of methoxy groups -OCH3 is 2. The van der Waals surface area contributed by atoms with Gasteiger partial charge in [0.15, 0.2) is 33.6 Å². The van der Waals surface area contributed by atoms with E-state index in [9.17, 15) is 21.6 Å². The van der Waals surface area contributed by atoms with Crippen LogP contribution in [0.25, 0.3) is 11.0 Å². The lowest BCUT2D eigenvalue weighted by molar-refractivity contribution is -0.120. The molecule has 0 saturated carbocycles. The van der Waals surface area contributed by atoms with Crippen LogP contribution in [0.1, 0.15) is 5.56 Å². The van der Waals surface area contributed by atoms with Crippen LogP contribution in [0.5, 0.6) is 17.2 Å². The second-order valence-corrected chi connectivity index (χ2v) is 10.0. The summed E-state index contributed by atoms with van der Waals surface area (Å²) >= 11 is 0. The van der Waals surface area contributed by atoms with Crippen molar-refractivity contribution in [3.05, 3.63) is 48.0 Å². The molecular weight excluding hydrogens is 550 g/mol. The zero-order chi connectivity index (χ0) is 27.9. The molecule has 1 aliphatic rings. The predicted octanol–water partition coefficient (Wildman–Crippen LogP) is 3.79. The van der Waals surface area contributed by atoms with Gasteiger partial charge in [0.2, 0.25) is 0 Å². The van der Waals surface area contributed by atoms with Crippen molar-refractivity contribution in [3.63, 3.8) is 0 Å². The van der Waals surface area contributed by atoms with E-state index < -0.39 is 39.3 Å². The highest BCUT2D eigenvalue weighted by atomic mass is 32.2. The number of nitrogens with zero attached hydrogens (tertiary/aromatic N) is 4. The first-order valence-electron chi connectivity index (χ1n) is 11.3. The fourth-order valence-electron chi connectivity index (χ4n) is 4.32. The Bertz CT molecular complexity index is 1620. The fraction of sp³-hybridized carbons (Fsp3) is 0.304. The van der Waals surface area contributed by atoms with Gasteiger partial charge in [-0.15, -0.1) is 0 Å². The normalized spacial score (nSPS) is 13.7. The molecule has 208 valence electrons. The predicted molar refractivity (Wildman–Crippen MR) is 129 cm³/mol. The third kappa shape index (κ3) is 4.98. The lowest BCUT2D eigenvalue weighted by Crippen LogP contribution is -2.40. The van der Waals surface area contributed by atoms with E-state index in [-0.39, 0.29) is 59.2 Å². The summed E-state index contributed by atoms with van der Waals surface area (Å²) in [6, 6.07) is 5.50. The number of rotatable bonds is 8. The van der Waals surface area contributed by atoms with E-state index in [0.717, 1.165) is 4.90 Å². The van der Waals surface area contributed by atoms with Crippen molar-refractivity contribution in [3.8, 4) is 17.2 Å². The summed E-state index contributed by atoms with van der Waals surface area (Å²) in [5.41, 5.74) is 0.0741. The molecule has 3 heterocycles. The number of ether oxygens (including phenoxy) is 3. The van der Waals surface area contributed by atoms with Gasteiger partial charge in [-0.2, -0.15) is 18.3 Å². The largest absolute Gasteiger partial charge is 0.495 e. The minimum Gasteiger partial charge on any atom is -0.495 e. The molecule has 0 amide bonds. The van der Waals surface area contributed by atoms with Crippen LogP contribution in [0.3, 0.4) is 0 Å². The lowest BCUT2D eigenvalue weighted by atomic mass is 10.1. The summed E-state index contributed by atoms with van der Waals surface area (Å²) in [6.45, 7) is -1.60. The Balaban J connectivity index is 1.57. The molecule has 5 rings (SSSR count). The maximum atomic E-state index is 15.4. The van der Waals surface area contributed by atoms with Gasteiger partial charge in [0, 0.05) is 18.0 Å². The van der Waals surface area contributed by atoms with E-state index in [1.165, 1.54) is 43.3 Å². The van der Waals surface area contributed by atoms with Crippen molar-refractivity contribution >= 4 is 32.5 Å². The monoisotopic (exact) mass is 571 g/mol. The molecule has 1 N–H and O–H groups in total. The molecular formula is C23H21F4N5O6S. The van der Waals surface area contributed by atoms with Gasteiger partial charge in [-0.1, -0.05) is 5.16 Å². The van der Waals surface area contributed by atoms with Crippen LogP contribution in [0, 0.1) is 5.82 Å². The molecule has 0 fully saturated rings. The van der Waals surface area contributed by atoms with Crippen LogP contribution in [0.4, 0.5) is 29.1 Å². The second kappa shape index (κ2) is 9.83. The Kier molecular flexibility index (Phi) is 6.65. The number of fused-ring (bicyclic) bond motifs is 2. The van der Waals surface area contributed by atoms with Crippen LogP contribution < -0.4 is 23.8 Å². The Morgan fingerprint density at radius 3 is 2.67 bits per heavy atom. The van der Waals surface area contributed by atoms with Crippen LogP contribution >= 0.6 is 0 Å². The molecule has 16 heteroatoms. The average Bonchev–Trinajstić information content (AvgIpc) is 3.53. The van der Waals surface area contributed by atoms with E-state index in [2.05, 4.69) is 15.0 Å². The summed E-state index contributed by atoms with van der Waals surface area (Å²) in [5.74, 6) is -2.05. The van der Waals surface area contributed by atoms with Crippen molar-refractivity contribution in [1.82, 2.24) is 14.9 Å². The molecule has 39 heavy (non-hydrogen) atoms. The van der Waals surface area contributed by atoms with E-state index in [0.29, 0.717) is 0 Å². The molecule has 2 aromatic carbocycles. The van der Waals surface area contributed by atoms with Gasteiger partial charge in [-0.3, -0.25) is 9.40 Å². The van der Waals surface area contributed by atoms with Gasteiger partial charge in [0.05, 0.1) is 33.0 Å². The first-order chi connectivity index (χ1) is 18.5. The molecule has 1 aliphatic heterocycles. The Morgan fingerprint density at radius 1 is 1.21 bits per heavy atom. The summed E-state index contributed by atoms with van der Waals surface area (Å²) in [4.78, 5) is 0.405. The van der Waals surface area contributed by atoms with Gasteiger partial charge in [-0.25, -0.2) is 12.8 Å². The number of benzene rings is 2. The average molecular weight is 572 g/mol. The van der Waals surface area contributed by atoms with E-state index in [1.54, 1.807) is 12.3 Å². The lowest BCUT2D eigenvalue weighted by Gasteiger charge is -2.33. The zero-order valence-corrected chi connectivity index (χ0v) is 21.3. The van der Waals surface area contributed by atoms with E-state index in [4.69, 9.17) is 18.7 Å². The zero-order valence-electron chi connectivity index (χ0n) is 20.5. The summed E-state index contributed by atoms with van der Waals surface area (Å²) in [5, 5.41) is 7.68. The second-order valence-electron chi connectivity index (χ2n) is 8.43. The topological polar surface area (TPSA) is 121 Å². The van der Waals surface area contributed by atoms with Gasteiger partial charge in [-0.05, 0) is 24.3 Å². The number of sulfonamides is 1. The fourth-order valence-corrected chi connectivity index (χ4v) is 5.64. The molecule has 11 nitrogen and oxygen atoms in total. The number of aromatic nitrogens is 3. The number of anilines is 2. The van der Waals surface area contributed by atoms with Crippen LogP contribution in [-0.2, 0) is 16.6 Å². The summed E-state index contributed by atoms with van der Waals surface area (Å²) < 4.78 is 107. The molecule has 2 aromatic heterocycles. The molecule has 0 aliphatic carbocycles. The summed E-state index contributed by atoms with van der Waals surface area (Å²) in [6.07, 6.45) is -1.39. The van der Waals surface area contributed by atoms with Crippen LogP contribution in [0.15, 0.2) is 46.1 Å². The summed E-state index contributed by atoms with van der Waals surface area (Å²) in [7, 11) is -2.25. The van der Waals surface area contributed by atoms with Crippen molar-refractivity contribution in [2.24, 2.45) is 0 Å². The highest BCUT2D eigenvalue weighted by Crippen LogP contribution is 2.45. The molecule has 0 saturated heterocycles. The first-order valence-corrected chi connectivity index (χ1v) is 12.8. The standard InChI is InChI=1S/C23H21F4N5O6S/c1-35-15-5-4-14-19(37-9-8-31(14)12-23(25,26)27)21(15)39(33,34)30-22-17-16(38-29-22)10-13(18(24)20(17)36-2)11-32-7-3-6-28-32/h3-7,10H,8-9,11-12H2,1-2H3,(H,29,30). The van der Waals surface area contributed by atoms with Crippen LogP contribution in [0.2, 0.25) is 0 Å². The number of hydrogen-bond acceptors (Lipinski definition) is 9. The van der Waals surface area contributed by atoms with Crippen molar-refractivity contribution < 1.29 is 44.7 Å². The number of nitrogens with one attached hydrogen (secondary N) is 1. The van der Waals surface area contributed by atoms with E-state index >= 15 is 4.39 Å². The highest BCUT2D eigenvalue weighted by Gasteiger charge is 2.37. The Hall–Kier alpha value is -4.21. The molecule has 0 radical (unpaired) electrons. The smallest absolute Gasteiger partial charge is 0.405 e. The number of hydrogen-bond donors (Lipinski definition) is 1. The quantitative estimate of drug-likeness (QED) is 0.315. The maximum Gasteiger partial charge on any atom is 0.405 e. The number of halogens is 4. The molecule has 0 unspecified atom stereocenters. The number of alkyl halides is 3. The van der Waals surface area contributed by atoms with Gasteiger partial charge < -0.3 is 23.6 Å². The first kappa shape index (κ1) is 26.4. The van der Waals surface area contributed by atoms with E-state index in [1.807, 2.05) is 0 Å². The maximum absolute atomic E-state index is 15.4. The third-order valence-electron chi connectivity index (χ3n) is 5.92. The minimum atomic E-state index is -4.64. The Morgan fingerprint density at radius 2 is 2.00 bits per heavy atom. The van der Waals surface area contributed by atoms with Crippen molar-refractivity contribution in [2.75, 3.05) is 43.5 Å². The molecule has 4 aromatic rings. The molecule has 0 spiro atoms. The minimum absolute atomic E-state index is 0.0164. The molecule has 0 atom stereocenters. The third-order valence-corrected chi connectivity index (χ3v) is 7.31.